The molecule has 3 rings (SSSR count). The van der Waals surface area contributed by atoms with Gasteiger partial charge in [0.1, 0.15) is 4.90 Å². The summed E-state index contributed by atoms with van der Waals surface area (Å²) in [5, 5.41) is 13.0. The van der Waals surface area contributed by atoms with E-state index in [0.29, 0.717) is 12.1 Å². The minimum atomic E-state index is -3.69. The fraction of sp³-hybridized carbons (Fsp3) is 0.158. The monoisotopic (exact) mass is 366 g/mol. The average Bonchev–Trinajstić information content (AvgIpc) is 3.12. The van der Waals surface area contributed by atoms with Crippen molar-refractivity contribution >= 4 is 10.0 Å². The number of rotatable bonds is 6. The van der Waals surface area contributed by atoms with Crippen molar-refractivity contribution in [2.45, 2.75) is 24.4 Å². The molecule has 3 aromatic rings. The van der Waals surface area contributed by atoms with Crippen molar-refractivity contribution in [2.24, 2.45) is 0 Å². The molecule has 0 radical (unpaired) electrons. The molecule has 0 saturated heterocycles. The Hall–Kier alpha value is -2.95. The largest absolute Gasteiger partial charge is 0.267 e. The highest BCUT2D eigenvalue weighted by atomic mass is 32.2. The first-order valence-electron chi connectivity index (χ1n) is 8.07. The van der Waals surface area contributed by atoms with Crippen molar-refractivity contribution in [1.82, 2.24) is 14.5 Å². The Morgan fingerprint density at radius 2 is 1.85 bits per heavy atom. The van der Waals surface area contributed by atoms with Gasteiger partial charge in [-0.3, -0.25) is 4.68 Å². The van der Waals surface area contributed by atoms with Gasteiger partial charge in [0.25, 0.3) is 0 Å². The molecular weight excluding hydrogens is 348 g/mol. The zero-order valence-corrected chi connectivity index (χ0v) is 15.0. The first-order chi connectivity index (χ1) is 12.5. The lowest BCUT2D eigenvalue weighted by molar-refractivity contribution is 0.566. The van der Waals surface area contributed by atoms with E-state index in [4.69, 9.17) is 5.26 Å². The summed E-state index contributed by atoms with van der Waals surface area (Å²) in [5.74, 6) is 0. The van der Waals surface area contributed by atoms with Crippen LogP contribution in [-0.2, 0) is 16.6 Å². The minimum absolute atomic E-state index is 0.119. The molecule has 26 heavy (non-hydrogen) atoms. The Morgan fingerprint density at radius 1 is 1.15 bits per heavy atom. The summed E-state index contributed by atoms with van der Waals surface area (Å²) >= 11 is 0. The molecule has 1 unspecified atom stereocenters. The van der Waals surface area contributed by atoms with Gasteiger partial charge < -0.3 is 0 Å². The van der Waals surface area contributed by atoms with Gasteiger partial charge in [-0.2, -0.15) is 10.4 Å². The van der Waals surface area contributed by atoms with Gasteiger partial charge in [0, 0.05) is 12.2 Å². The number of sulfonamides is 1. The number of nitriles is 1. The summed E-state index contributed by atoms with van der Waals surface area (Å²) in [4.78, 5) is 0.119. The molecule has 6 nitrogen and oxygen atoms in total. The molecule has 0 bridgehead atoms. The molecule has 0 spiro atoms. The zero-order chi connectivity index (χ0) is 18.6. The van der Waals surface area contributed by atoms with Gasteiger partial charge in [-0.05, 0) is 30.2 Å². The summed E-state index contributed by atoms with van der Waals surface area (Å²) < 4.78 is 29.4. The molecule has 7 heteroatoms. The van der Waals surface area contributed by atoms with Crippen LogP contribution < -0.4 is 4.72 Å². The number of hydrogen-bond donors (Lipinski definition) is 1. The number of hydrogen-bond acceptors (Lipinski definition) is 4. The van der Waals surface area contributed by atoms with Gasteiger partial charge in [-0.25, -0.2) is 13.1 Å². The Balaban J connectivity index is 1.72. The Morgan fingerprint density at radius 3 is 2.50 bits per heavy atom. The van der Waals surface area contributed by atoms with Gasteiger partial charge in [-0.15, -0.1) is 0 Å². The first kappa shape index (κ1) is 17.9. The van der Waals surface area contributed by atoms with Crippen LogP contribution in [0.4, 0.5) is 0 Å². The van der Waals surface area contributed by atoms with E-state index in [9.17, 15) is 8.42 Å². The van der Waals surface area contributed by atoms with E-state index in [0.717, 1.165) is 11.1 Å². The molecule has 0 aliphatic heterocycles. The number of nitrogens with zero attached hydrogens (tertiary/aromatic N) is 3. The maximum absolute atomic E-state index is 12.6. The summed E-state index contributed by atoms with van der Waals surface area (Å²) in [7, 11) is -3.69. The molecule has 1 heterocycles. The fourth-order valence-electron chi connectivity index (χ4n) is 2.56. The maximum Gasteiger partial charge on any atom is 0.244 e. The Bertz CT molecular complexity index is 1020. The third-order valence-electron chi connectivity index (χ3n) is 3.98. The van der Waals surface area contributed by atoms with Crippen molar-refractivity contribution in [3.05, 3.63) is 83.7 Å². The van der Waals surface area contributed by atoms with Gasteiger partial charge in [0.15, 0.2) is 0 Å². The molecule has 0 aliphatic rings. The molecule has 2 aromatic carbocycles. The summed E-state index contributed by atoms with van der Waals surface area (Å²) in [6, 6.07) is 18.1. The van der Waals surface area contributed by atoms with Crippen molar-refractivity contribution in [3.63, 3.8) is 0 Å². The third-order valence-corrected chi connectivity index (χ3v) is 5.47. The van der Waals surface area contributed by atoms with E-state index < -0.39 is 16.1 Å². The average molecular weight is 366 g/mol. The number of aromatic nitrogens is 2. The van der Waals surface area contributed by atoms with Gasteiger partial charge in [0.2, 0.25) is 10.0 Å². The Kier molecular flexibility index (Phi) is 5.16. The van der Waals surface area contributed by atoms with Crippen molar-refractivity contribution in [3.8, 4) is 6.07 Å². The maximum atomic E-state index is 12.6. The third kappa shape index (κ3) is 4.17. The molecule has 0 amide bonds. The summed E-state index contributed by atoms with van der Waals surface area (Å²) in [6.45, 7) is 2.26. The van der Waals surface area contributed by atoms with Gasteiger partial charge in [0.05, 0.1) is 24.4 Å². The molecule has 132 valence electrons. The van der Waals surface area contributed by atoms with Crippen LogP contribution in [-0.4, -0.2) is 18.2 Å². The van der Waals surface area contributed by atoms with E-state index in [1.165, 1.54) is 12.4 Å². The first-order valence-corrected chi connectivity index (χ1v) is 9.55. The van der Waals surface area contributed by atoms with E-state index >= 15 is 0 Å². The number of benzene rings is 2. The molecule has 0 fully saturated rings. The van der Waals surface area contributed by atoms with Crippen molar-refractivity contribution in [1.29, 1.82) is 5.26 Å². The highest BCUT2D eigenvalue weighted by Gasteiger charge is 2.20. The summed E-state index contributed by atoms with van der Waals surface area (Å²) in [5.41, 5.74) is 2.36. The Labute approximate surface area is 152 Å². The molecule has 1 N–H and O–H groups in total. The summed E-state index contributed by atoms with van der Waals surface area (Å²) in [6.07, 6.45) is 2.86. The normalized spacial score (nSPS) is 12.5. The van der Waals surface area contributed by atoms with Crippen LogP contribution in [0.15, 0.2) is 71.9 Å². The molecule has 1 aromatic heterocycles. The SMILES string of the molecule is CC(NS(=O)(=O)c1cnn(Cc2ccccc2)c1)c1ccc(C#N)cc1. The highest BCUT2D eigenvalue weighted by Crippen LogP contribution is 2.17. The second kappa shape index (κ2) is 7.52. The van der Waals surface area contributed by atoms with Crippen LogP contribution in [0.1, 0.15) is 29.7 Å². The molecule has 0 saturated carbocycles. The molecular formula is C19H18N4O2S. The fourth-order valence-corrected chi connectivity index (χ4v) is 3.74. The minimum Gasteiger partial charge on any atom is -0.267 e. The lowest BCUT2D eigenvalue weighted by atomic mass is 10.1. The van der Waals surface area contributed by atoms with E-state index in [1.54, 1.807) is 35.9 Å². The number of nitrogens with one attached hydrogen (secondary N) is 1. The van der Waals surface area contributed by atoms with Crippen LogP contribution >= 0.6 is 0 Å². The predicted molar refractivity (Wildman–Crippen MR) is 97.7 cm³/mol. The topological polar surface area (TPSA) is 87.8 Å². The van der Waals surface area contributed by atoms with Crippen LogP contribution in [0.5, 0.6) is 0 Å². The van der Waals surface area contributed by atoms with E-state index in [-0.39, 0.29) is 4.90 Å². The second-order valence-corrected chi connectivity index (χ2v) is 7.65. The lowest BCUT2D eigenvalue weighted by Gasteiger charge is -2.13. The standard InChI is InChI=1S/C19H18N4O2S/c1-15(18-9-7-16(11-20)8-10-18)22-26(24,25)19-12-21-23(14-19)13-17-5-3-2-4-6-17/h2-10,12,14-15,22H,13H2,1H3. The molecule has 0 aliphatic carbocycles. The van der Waals surface area contributed by atoms with Crippen LogP contribution in [0, 0.1) is 11.3 Å². The van der Waals surface area contributed by atoms with Gasteiger partial charge >= 0.3 is 0 Å². The van der Waals surface area contributed by atoms with Gasteiger partial charge in [-0.1, -0.05) is 42.5 Å². The zero-order valence-electron chi connectivity index (χ0n) is 14.2. The highest BCUT2D eigenvalue weighted by molar-refractivity contribution is 7.89. The lowest BCUT2D eigenvalue weighted by Crippen LogP contribution is -2.26. The van der Waals surface area contributed by atoms with Crippen LogP contribution in [0.2, 0.25) is 0 Å². The second-order valence-electron chi connectivity index (χ2n) is 5.94. The molecule has 1 atom stereocenters. The quantitative estimate of drug-likeness (QED) is 0.727. The van der Waals surface area contributed by atoms with Crippen LogP contribution in [0.3, 0.4) is 0 Å². The van der Waals surface area contributed by atoms with Crippen molar-refractivity contribution in [2.75, 3.05) is 0 Å². The van der Waals surface area contributed by atoms with E-state index in [1.807, 2.05) is 36.4 Å². The van der Waals surface area contributed by atoms with E-state index in [2.05, 4.69) is 9.82 Å². The smallest absolute Gasteiger partial charge is 0.244 e. The predicted octanol–water partition coefficient (Wildman–Crippen LogP) is 2.84. The van der Waals surface area contributed by atoms with Crippen molar-refractivity contribution < 1.29 is 8.42 Å². The van der Waals surface area contributed by atoms with Crippen LogP contribution in [0.25, 0.3) is 0 Å².